The molecular weight excluding hydrogens is 473 g/mol. The minimum Gasteiger partial charge on any atom is -0.316 e. The molecule has 3 aromatic carbocycles. The lowest BCUT2D eigenvalue weighted by Crippen LogP contribution is -2.32. The van der Waals surface area contributed by atoms with Crippen LogP contribution in [0.3, 0.4) is 0 Å². The standard InChI is InChI=1S/C25H19Cl2N5O2/c1-16-7-5-8-17(13-16)23-18(15-32(31-23)19-9-3-2-4-10-19)14-28-30-25(34)24(33)29-21-12-6-11-20(26)22(21)27/h2-15H,1H3,(H,29,33)(H,30,34)/b28-14-. The summed E-state index contributed by atoms with van der Waals surface area (Å²) in [6.07, 6.45) is 3.25. The zero-order valence-corrected chi connectivity index (χ0v) is 19.5. The fourth-order valence-corrected chi connectivity index (χ4v) is 3.55. The zero-order valence-electron chi connectivity index (χ0n) is 18.0. The molecule has 0 fully saturated rings. The Labute approximate surface area is 206 Å². The molecule has 0 spiro atoms. The number of hydrogen-bond donors (Lipinski definition) is 2. The van der Waals surface area contributed by atoms with Gasteiger partial charge in [0.15, 0.2) is 0 Å². The lowest BCUT2D eigenvalue weighted by atomic mass is 10.1. The Kier molecular flexibility index (Phi) is 7.06. The molecule has 1 heterocycles. The number of para-hydroxylation sites is 1. The number of nitrogens with zero attached hydrogens (tertiary/aromatic N) is 3. The van der Waals surface area contributed by atoms with Crippen LogP contribution in [0.25, 0.3) is 16.9 Å². The molecule has 0 saturated carbocycles. The largest absolute Gasteiger partial charge is 0.329 e. The van der Waals surface area contributed by atoms with Gasteiger partial charge in [-0.25, -0.2) is 10.1 Å². The fourth-order valence-electron chi connectivity index (χ4n) is 3.20. The first-order valence-corrected chi connectivity index (χ1v) is 11.0. The molecule has 4 rings (SSSR count). The Morgan fingerprint density at radius 1 is 0.971 bits per heavy atom. The van der Waals surface area contributed by atoms with E-state index in [-0.39, 0.29) is 15.7 Å². The smallest absolute Gasteiger partial charge is 0.316 e. The van der Waals surface area contributed by atoms with Crippen LogP contribution in [0.2, 0.25) is 10.0 Å². The number of hydrogen-bond acceptors (Lipinski definition) is 4. The number of halogens is 2. The summed E-state index contributed by atoms with van der Waals surface area (Å²) in [4.78, 5) is 24.4. The number of carbonyl (C=O) groups is 2. The van der Waals surface area contributed by atoms with Crippen molar-refractivity contribution in [2.24, 2.45) is 5.10 Å². The van der Waals surface area contributed by atoms with Crippen LogP contribution in [-0.2, 0) is 9.59 Å². The minimum atomic E-state index is -0.958. The Morgan fingerprint density at radius 3 is 2.50 bits per heavy atom. The van der Waals surface area contributed by atoms with Crippen molar-refractivity contribution < 1.29 is 9.59 Å². The molecule has 0 radical (unpaired) electrons. The molecule has 0 aliphatic carbocycles. The average molecular weight is 492 g/mol. The highest BCUT2D eigenvalue weighted by atomic mass is 35.5. The molecule has 34 heavy (non-hydrogen) atoms. The number of aromatic nitrogens is 2. The summed E-state index contributed by atoms with van der Waals surface area (Å²) in [5.41, 5.74) is 6.65. The van der Waals surface area contributed by atoms with Gasteiger partial charge in [0.25, 0.3) is 0 Å². The Balaban J connectivity index is 1.54. The number of anilines is 1. The van der Waals surface area contributed by atoms with Crippen LogP contribution >= 0.6 is 23.2 Å². The molecular formula is C25H19Cl2N5O2. The Bertz CT molecular complexity index is 1380. The average Bonchev–Trinajstić information content (AvgIpc) is 3.27. The van der Waals surface area contributed by atoms with Gasteiger partial charge in [0.2, 0.25) is 0 Å². The summed E-state index contributed by atoms with van der Waals surface area (Å²) in [7, 11) is 0. The Morgan fingerprint density at radius 2 is 1.74 bits per heavy atom. The second-order valence-corrected chi connectivity index (χ2v) is 8.12. The maximum absolute atomic E-state index is 12.2. The molecule has 0 aliphatic rings. The molecule has 9 heteroatoms. The third-order valence-electron chi connectivity index (χ3n) is 4.83. The summed E-state index contributed by atoms with van der Waals surface area (Å²) < 4.78 is 1.73. The van der Waals surface area contributed by atoms with E-state index in [0.29, 0.717) is 11.3 Å². The highest BCUT2D eigenvalue weighted by Crippen LogP contribution is 2.29. The summed E-state index contributed by atoms with van der Waals surface area (Å²) in [5.74, 6) is -1.89. The van der Waals surface area contributed by atoms with Gasteiger partial charge >= 0.3 is 11.8 Å². The van der Waals surface area contributed by atoms with Crippen LogP contribution in [0.1, 0.15) is 11.1 Å². The number of amides is 2. The molecule has 0 bridgehead atoms. The summed E-state index contributed by atoms with van der Waals surface area (Å²) in [5, 5.41) is 11.5. The molecule has 0 atom stereocenters. The normalized spacial score (nSPS) is 10.9. The summed E-state index contributed by atoms with van der Waals surface area (Å²) in [6.45, 7) is 2.00. The number of hydrazone groups is 1. The van der Waals surface area contributed by atoms with E-state index in [1.54, 1.807) is 23.0 Å². The molecule has 2 amide bonds. The monoisotopic (exact) mass is 491 g/mol. The van der Waals surface area contributed by atoms with E-state index in [2.05, 4.69) is 15.8 Å². The SMILES string of the molecule is Cc1cccc(-c2nn(-c3ccccc3)cc2/C=N\NC(=O)C(=O)Nc2cccc(Cl)c2Cl)c1. The summed E-state index contributed by atoms with van der Waals surface area (Å²) in [6, 6.07) is 22.2. The van der Waals surface area contributed by atoms with Crippen LogP contribution < -0.4 is 10.7 Å². The van der Waals surface area contributed by atoms with E-state index in [1.807, 2.05) is 61.5 Å². The highest BCUT2D eigenvalue weighted by molar-refractivity contribution is 6.45. The van der Waals surface area contributed by atoms with E-state index >= 15 is 0 Å². The fraction of sp³-hybridized carbons (Fsp3) is 0.0400. The van der Waals surface area contributed by atoms with E-state index in [0.717, 1.165) is 16.8 Å². The van der Waals surface area contributed by atoms with Crippen LogP contribution in [-0.4, -0.2) is 27.8 Å². The molecule has 4 aromatic rings. The van der Waals surface area contributed by atoms with Crippen molar-refractivity contribution >= 4 is 46.9 Å². The number of rotatable bonds is 5. The molecule has 0 aliphatic heterocycles. The van der Waals surface area contributed by atoms with Crippen molar-refractivity contribution in [3.8, 4) is 16.9 Å². The van der Waals surface area contributed by atoms with Gasteiger partial charge in [0.05, 0.1) is 27.6 Å². The van der Waals surface area contributed by atoms with Crippen molar-refractivity contribution in [1.29, 1.82) is 0 Å². The molecule has 1 aromatic heterocycles. The first-order valence-electron chi connectivity index (χ1n) is 10.2. The van der Waals surface area contributed by atoms with E-state index in [9.17, 15) is 9.59 Å². The van der Waals surface area contributed by atoms with Gasteiger partial charge in [0.1, 0.15) is 5.69 Å². The van der Waals surface area contributed by atoms with Gasteiger partial charge < -0.3 is 5.32 Å². The van der Waals surface area contributed by atoms with Crippen molar-refractivity contribution in [3.05, 3.63) is 100 Å². The first-order chi connectivity index (χ1) is 16.4. The predicted octanol–water partition coefficient (Wildman–Crippen LogP) is 5.24. The third kappa shape index (κ3) is 5.33. The maximum atomic E-state index is 12.2. The lowest BCUT2D eigenvalue weighted by Gasteiger charge is -2.06. The molecule has 0 saturated heterocycles. The van der Waals surface area contributed by atoms with Gasteiger partial charge in [-0.3, -0.25) is 9.59 Å². The first kappa shape index (κ1) is 23.2. The summed E-state index contributed by atoms with van der Waals surface area (Å²) >= 11 is 12.0. The lowest BCUT2D eigenvalue weighted by molar-refractivity contribution is -0.136. The second kappa shape index (κ2) is 10.3. The number of aryl methyl sites for hydroxylation is 1. The van der Waals surface area contributed by atoms with Gasteiger partial charge in [0, 0.05) is 17.3 Å². The van der Waals surface area contributed by atoms with Crippen LogP contribution in [0, 0.1) is 6.92 Å². The Hall–Kier alpha value is -3.94. The highest BCUT2D eigenvalue weighted by Gasteiger charge is 2.16. The molecule has 2 N–H and O–H groups in total. The number of carbonyl (C=O) groups excluding carboxylic acids is 2. The second-order valence-electron chi connectivity index (χ2n) is 7.34. The van der Waals surface area contributed by atoms with E-state index < -0.39 is 11.8 Å². The van der Waals surface area contributed by atoms with Gasteiger partial charge in [-0.15, -0.1) is 0 Å². The third-order valence-corrected chi connectivity index (χ3v) is 5.65. The van der Waals surface area contributed by atoms with Crippen molar-refractivity contribution in [2.45, 2.75) is 6.92 Å². The predicted molar refractivity (Wildman–Crippen MR) is 135 cm³/mol. The van der Waals surface area contributed by atoms with Crippen molar-refractivity contribution in [2.75, 3.05) is 5.32 Å². The molecule has 7 nitrogen and oxygen atoms in total. The van der Waals surface area contributed by atoms with Gasteiger partial charge in [-0.2, -0.15) is 10.2 Å². The van der Waals surface area contributed by atoms with E-state index in [4.69, 9.17) is 28.3 Å². The van der Waals surface area contributed by atoms with E-state index in [1.165, 1.54) is 12.3 Å². The van der Waals surface area contributed by atoms with Crippen LogP contribution in [0.15, 0.2) is 84.1 Å². The number of benzene rings is 3. The number of nitrogens with one attached hydrogen (secondary N) is 2. The molecule has 170 valence electrons. The van der Waals surface area contributed by atoms with Crippen molar-refractivity contribution in [3.63, 3.8) is 0 Å². The van der Waals surface area contributed by atoms with Crippen LogP contribution in [0.5, 0.6) is 0 Å². The van der Waals surface area contributed by atoms with Crippen molar-refractivity contribution in [1.82, 2.24) is 15.2 Å². The topological polar surface area (TPSA) is 88.4 Å². The minimum absolute atomic E-state index is 0.143. The molecule has 0 unspecified atom stereocenters. The maximum Gasteiger partial charge on any atom is 0.329 e. The van der Waals surface area contributed by atoms with Gasteiger partial charge in [-0.05, 0) is 37.3 Å². The quantitative estimate of drug-likeness (QED) is 0.227. The zero-order chi connectivity index (χ0) is 24.1. The van der Waals surface area contributed by atoms with Gasteiger partial charge in [-0.1, -0.05) is 71.2 Å². The van der Waals surface area contributed by atoms with Crippen LogP contribution in [0.4, 0.5) is 5.69 Å².